The molecule has 0 aliphatic carbocycles. The van der Waals surface area contributed by atoms with E-state index in [1.165, 1.54) is 6.42 Å². The van der Waals surface area contributed by atoms with Gasteiger partial charge in [0.15, 0.2) is 5.65 Å². The first-order valence-electron chi connectivity index (χ1n) is 9.76. The number of hydrogen-bond donors (Lipinski definition) is 1. The van der Waals surface area contributed by atoms with Gasteiger partial charge in [0.05, 0.1) is 18.7 Å². The van der Waals surface area contributed by atoms with Crippen molar-refractivity contribution in [2.24, 2.45) is 7.05 Å². The van der Waals surface area contributed by atoms with Crippen LogP contribution in [0.4, 0.5) is 17.5 Å². The summed E-state index contributed by atoms with van der Waals surface area (Å²) in [7, 11) is 3.58. The van der Waals surface area contributed by atoms with Gasteiger partial charge >= 0.3 is 0 Å². The summed E-state index contributed by atoms with van der Waals surface area (Å²) in [4.78, 5) is 14.4. The number of fused-ring (bicyclic) bond motifs is 1. The van der Waals surface area contributed by atoms with Crippen LogP contribution in [0.3, 0.4) is 0 Å². The Hall–Kier alpha value is -2.87. The smallest absolute Gasteiger partial charge is 0.229 e. The fraction of sp³-hybridized carbons (Fsp3) is 0.450. The summed E-state index contributed by atoms with van der Waals surface area (Å²) in [5.74, 6) is 2.31. The summed E-state index contributed by atoms with van der Waals surface area (Å²) < 4.78 is 7.13. The van der Waals surface area contributed by atoms with Gasteiger partial charge in [0.2, 0.25) is 5.95 Å². The molecule has 3 aromatic rings. The molecular weight excluding hydrogens is 354 g/mol. The fourth-order valence-corrected chi connectivity index (χ4v) is 3.57. The molecular formula is C20H27N7O. The molecule has 2 aromatic heterocycles. The summed E-state index contributed by atoms with van der Waals surface area (Å²) in [6.45, 7) is 7.32. The first-order valence-corrected chi connectivity index (χ1v) is 9.76. The van der Waals surface area contributed by atoms with E-state index in [1.807, 2.05) is 31.3 Å². The Labute approximate surface area is 165 Å². The van der Waals surface area contributed by atoms with E-state index in [4.69, 9.17) is 14.7 Å². The van der Waals surface area contributed by atoms with Crippen molar-refractivity contribution in [3.63, 3.8) is 0 Å². The van der Waals surface area contributed by atoms with Crippen molar-refractivity contribution in [3.8, 4) is 5.75 Å². The monoisotopic (exact) mass is 381 g/mol. The van der Waals surface area contributed by atoms with Crippen molar-refractivity contribution in [1.29, 1.82) is 0 Å². The van der Waals surface area contributed by atoms with Crippen molar-refractivity contribution in [3.05, 3.63) is 30.5 Å². The predicted octanol–water partition coefficient (Wildman–Crippen LogP) is 2.65. The van der Waals surface area contributed by atoms with Crippen LogP contribution in [0.25, 0.3) is 11.0 Å². The van der Waals surface area contributed by atoms with Gasteiger partial charge in [-0.05, 0) is 25.1 Å². The maximum atomic E-state index is 5.33. The molecule has 1 fully saturated rings. The minimum atomic E-state index is 0.748. The Bertz CT molecular complexity index is 947. The molecule has 28 heavy (non-hydrogen) atoms. The van der Waals surface area contributed by atoms with Crippen LogP contribution in [0.1, 0.15) is 13.3 Å². The summed E-state index contributed by atoms with van der Waals surface area (Å²) in [5.41, 5.74) is 1.74. The highest BCUT2D eigenvalue weighted by atomic mass is 16.5. The molecule has 8 heteroatoms. The van der Waals surface area contributed by atoms with Crippen LogP contribution in [0.15, 0.2) is 30.5 Å². The lowest BCUT2D eigenvalue weighted by Gasteiger charge is -2.34. The largest absolute Gasteiger partial charge is 0.497 e. The number of aromatic nitrogens is 4. The van der Waals surface area contributed by atoms with Crippen LogP contribution < -0.4 is 15.0 Å². The standard InChI is InChI=1S/C20H27N7O/c1-4-8-26-9-11-27(12-10-26)20-23-18(17-14-21-25(2)19(17)24-20)22-15-6-5-7-16(13-15)28-3/h5-7,13-14H,4,8-12H2,1-3H3,(H,22,23,24). The van der Waals surface area contributed by atoms with Gasteiger partial charge in [-0.25, -0.2) is 0 Å². The van der Waals surface area contributed by atoms with Gasteiger partial charge < -0.3 is 15.0 Å². The Morgan fingerprint density at radius 3 is 2.71 bits per heavy atom. The zero-order valence-electron chi connectivity index (χ0n) is 16.7. The van der Waals surface area contributed by atoms with Crippen molar-refractivity contribution in [2.45, 2.75) is 13.3 Å². The van der Waals surface area contributed by atoms with E-state index in [2.05, 4.69) is 27.1 Å². The zero-order chi connectivity index (χ0) is 19.5. The second kappa shape index (κ2) is 8.02. The second-order valence-electron chi connectivity index (χ2n) is 7.06. The number of nitrogens with one attached hydrogen (secondary N) is 1. The molecule has 3 heterocycles. The first kappa shape index (κ1) is 18.5. The molecule has 0 radical (unpaired) electrons. The number of aryl methyl sites for hydroxylation is 1. The number of anilines is 3. The topological polar surface area (TPSA) is 71.3 Å². The lowest BCUT2D eigenvalue weighted by molar-refractivity contribution is 0.257. The highest BCUT2D eigenvalue weighted by Gasteiger charge is 2.21. The molecule has 1 N–H and O–H groups in total. The number of piperazine rings is 1. The van der Waals surface area contributed by atoms with Crippen LogP contribution >= 0.6 is 0 Å². The molecule has 1 saturated heterocycles. The van der Waals surface area contributed by atoms with E-state index in [0.717, 1.165) is 67.0 Å². The van der Waals surface area contributed by atoms with E-state index >= 15 is 0 Å². The number of benzene rings is 1. The molecule has 0 bridgehead atoms. The van der Waals surface area contributed by atoms with E-state index < -0.39 is 0 Å². The molecule has 0 atom stereocenters. The van der Waals surface area contributed by atoms with Gasteiger partial charge in [-0.2, -0.15) is 15.1 Å². The highest BCUT2D eigenvalue weighted by molar-refractivity contribution is 5.89. The quantitative estimate of drug-likeness (QED) is 0.704. The molecule has 8 nitrogen and oxygen atoms in total. The summed E-state index contributed by atoms with van der Waals surface area (Å²) in [6, 6.07) is 7.83. The van der Waals surface area contributed by atoms with Crippen molar-refractivity contribution >= 4 is 28.5 Å². The normalized spacial score (nSPS) is 15.2. The minimum absolute atomic E-state index is 0.748. The van der Waals surface area contributed by atoms with Gasteiger partial charge in [0.25, 0.3) is 0 Å². The third kappa shape index (κ3) is 3.73. The number of rotatable bonds is 6. The van der Waals surface area contributed by atoms with Gasteiger partial charge in [-0.1, -0.05) is 13.0 Å². The average Bonchev–Trinajstić information content (AvgIpc) is 3.10. The number of ether oxygens (including phenoxy) is 1. The van der Waals surface area contributed by atoms with Gasteiger partial charge in [0.1, 0.15) is 11.6 Å². The Morgan fingerprint density at radius 1 is 1.14 bits per heavy atom. The fourth-order valence-electron chi connectivity index (χ4n) is 3.57. The number of nitrogens with zero attached hydrogens (tertiary/aromatic N) is 6. The molecule has 1 aliphatic heterocycles. The molecule has 0 amide bonds. The number of methoxy groups -OCH3 is 1. The molecule has 4 rings (SSSR count). The molecule has 1 aromatic carbocycles. The Morgan fingerprint density at radius 2 is 1.96 bits per heavy atom. The molecule has 1 aliphatic rings. The van der Waals surface area contributed by atoms with Crippen LogP contribution in [-0.4, -0.2) is 64.5 Å². The summed E-state index contributed by atoms with van der Waals surface area (Å²) in [6.07, 6.45) is 2.99. The first-order chi connectivity index (χ1) is 13.7. The van der Waals surface area contributed by atoms with Gasteiger partial charge in [-0.15, -0.1) is 0 Å². The maximum Gasteiger partial charge on any atom is 0.229 e. The van der Waals surface area contributed by atoms with E-state index in [0.29, 0.717) is 0 Å². The van der Waals surface area contributed by atoms with Gasteiger partial charge in [0, 0.05) is 45.0 Å². The number of hydrogen-bond acceptors (Lipinski definition) is 7. The van der Waals surface area contributed by atoms with E-state index in [1.54, 1.807) is 18.0 Å². The average molecular weight is 381 g/mol. The zero-order valence-corrected chi connectivity index (χ0v) is 16.7. The lowest BCUT2D eigenvalue weighted by atomic mass is 10.3. The SMILES string of the molecule is CCCN1CCN(c2nc(Nc3cccc(OC)c3)c3cnn(C)c3n2)CC1. The third-order valence-electron chi connectivity index (χ3n) is 5.11. The predicted molar refractivity (Wildman–Crippen MR) is 112 cm³/mol. The highest BCUT2D eigenvalue weighted by Crippen LogP contribution is 2.28. The van der Waals surface area contributed by atoms with Crippen LogP contribution in [-0.2, 0) is 7.05 Å². The van der Waals surface area contributed by atoms with Crippen molar-refractivity contribution in [1.82, 2.24) is 24.6 Å². The van der Waals surface area contributed by atoms with Crippen molar-refractivity contribution in [2.75, 3.05) is 50.1 Å². The van der Waals surface area contributed by atoms with Crippen LogP contribution in [0.5, 0.6) is 5.75 Å². The molecule has 0 spiro atoms. The van der Waals surface area contributed by atoms with Crippen molar-refractivity contribution < 1.29 is 4.74 Å². The van der Waals surface area contributed by atoms with Gasteiger partial charge in [-0.3, -0.25) is 9.58 Å². The summed E-state index contributed by atoms with van der Waals surface area (Å²) in [5, 5.41) is 8.70. The van der Waals surface area contributed by atoms with E-state index in [-0.39, 0.29) is 0 Å². The molecule has 0 saturated carbocycles. The Balaban J connectivity index is 1.64. The van der Waals surface area contributed by atoms with Crippen LogP contribution in [0, 0.1) is 0 Å². The van der Waals surface area contributed by atoms with E-state index in [9.17, 15) is 0 Å². The molecule has 148 valence electrons. The third-order valence-corrected chi connectivity index (χ3v) is 5.11. The second-order valence-corrected chi connectivity index (χ2v) is 7.06. The van der Waals surface area contributed by atoms with Crippen LogP contribution in [0.2, 0.25) is 0 Å². The lowest BCUT2D eigenvalue weighted by Crippen LogP contribution is -2.47. The molecule has 0 unspecified atom stereocenters. The minimum Gasteiger partial charge on any atom is -0.497 e. The summed E-state index contributed by atoms with van der Waals surface area (Å²) >= 11 is 0. The Kier molecular flexibility index (Phi) is 5.29. The maximum absolute atomic E-state index is 5.33.